The quantitative estimate of drug-likeness (QED) is 0.901. The van der Waals surface area contributed by atoms with Crippen molar-refractivity contribution in [3.05, 3.63) is 28.8 Å². The van der Waals surface area contributed by atoms with E-state index in [9.17, 15) is 4.79 Å². The molecule has 0 spiro atoms. The second-order valence-corrected chi connectivity index (χ2v) is 5.29. The first-order chi connectivity index (χ1) is 7.84. The molecule has 0 saturated carbocycles. The van der Waals surface area contributed by atoms with E-state index >= 15 is 0 Å². The number of aliphatic hydroxyl groups excluding tert-OH is 1. The maximum absolute atomic E-state index is 11.7. The summed E-state index contributed by atoms with van der Waals surface area (Å²) in [6.07, 6.45) is 0. The molecule has 0 saturated heterocycles. The summed E-state index contributed by atoms with van der Waals surface area (Å²) in [5.41, 5.74) is 0.293. The van der Waals surface area contributed by atoms with Crippen molar-refractivity contribution in [2.75, 3.05) is 6.61 Å². The monoisotopic (exact) mass is 256 g/mol. The van der Waals surface area contributed by atoms with Gasteiger partial charge in [-0.2, -0.15) is 0 Å². The van der Waals surface area contributed by atoms with Crippen LogP contribution >= 0.6 is 11.6 Å². The van der Waals surface area contributed by atoms with Gasteiger partial charge in [-0.3, -0.25) is 4.79 Å². The molecular weight excluding hydrogens is 240 g/mol. The van der Waals surface area contributed by atoms with E-state index in [1.54, 1.807) is 18.2 Å². The highest BCUT2D eigenvalue weighted by atomic mass is 35.5. The molecule has 1 rings (SSSR count). The number of aliphatic hydroxyl groups is 1. The summed E-state index contributed by atoms with van der Waals surface area (Å²) in [6, 6.07) is 4.99. The highest BCUT2D eigenvalue weighted by Gasteiger charge is 2.21. The van der Waals surface area contributed by atoms with Crippen molar-refractivity contribution in [2.45, 2.75) is 27.4 Å². The van der Waals surface area contributed by atoms with E-state index in [4.69, 9.17) is 21.4 Å². The van der Waals surface area contributed by atoms with Gasteiger partial charge in [-0.1, -0.05) is 38.4 Å². The van der Waals surface area contributed by atoms with Gasteiger partial charge in [-0.25, -0.2) is 0 Å². The molecule has 3 nitrogen and oxygen atoms in total. The molecule has 4 heteroatoms. The summed E-state index contributed by atoms with van der Waals surface area (Å²) in [5, 5.41) is 9.33. The molecule has 0 aromatic heterocycles. The van der Waals surface area contributed by atoms with Crippen molar-refractivity contribution in [2.24, 2.45) is 5.41 Å². The van der Waals surface area contributed by atoms with Crippen LogP contribution in [-0.2, 0) is 11.4 Å². The molecule has 0 atom stereocenters. The van der Waals surface area contributed by atoms with Gasteiger partial charge in [0.15, 0.2) is 5.78 Å². The van der Waals surface area contributed by atoms with Crippen LogP contribution < -0.4 is 4.74 Å². The molecule has 0 aliphatic rings. The zero-order valence-electron chi connectivity index (χ0n) is 10.3. The first-order valence-electron chi connectivity index (χ1n) is 5.40. The minimum atomic E-state index is -0.419. The molecule has 17 heavy (non-hydrogen) atoms. The van der Waals surface area contributed by atoms with Crippen LogP contribution in [0.2, 0.25) is 5.02 Å². The van der Waals surface area contributed by atoms with Crippen molar-refractivity contribution < 1.29 is 14.6 Å². The lowest BCUT2D eigenvalue weighted by molar-refractivity contribution is -0.128. The molecule has 94 valence electrons. The minimum Gasteiger partial charge on any atom is -0.484 e. The van der Waals surface area contributed by atoms with Crippen molar-refractivity contribution in [1.82, 2.24) is 0 Å². The van der Waals surface area contributed by atoms with Crippen molar-refractivity contribution in [3.8, 4) is 5.75 Å². The van der Waals surface area contributed by atoms with Crippen LogP contribution in [0.3, 0.4) is 0 Å². The number of halogens is 1. The Morgan fingerprint density at radius 1 is 1.41 bits per heavy atom. The highest BCUT2D eigenvalue weighted by Crippen LogP contribution is 2.26. The normalized spacial score (nSPS) is 11.4. The summed E-state index contributed by atoms with van der Waals surface area (Å²) < 4.78 is 5.36. The fourth-order valence-electron chi connectivity index (χ4n) is 1.12. The van der Waals surface area contributed by atoms with Gasteiger partial charge in [-0.15, -0.1) is 0 Å². The molecule has 1 aromatic rings. The molecule has 0 aliphatic carbocycles. The molecule has 1 aromatic carbocycles. The molecule has 0 aliphatic heterocycles. The summed E-state index contributed by atoms with van der Waals surface area (Å²) in [7, 11) is 0. The summed E-state index contributed by atoms with van der Waals surface area (Å²) in [4.78, 5) is 11.7. The molecular formula is C13H17ClO3. The number of hydrogen-bond acceptors (Lipinski definition) is 3. The van der Waals surface area contributed by atoms with Crippen molar-refractivity contribution in [1.29, 1.82) is 0 Å². The summed E-state index contributed by atoms with van der Waals surface area (Å²) >= 11 is 5.96. The van der Waals surface area contributed by atoms with Crippen LogP contribution in [0.15, 0.2) is 18.2 Å². The molecule has 0 fully saturated rings. The SMILES string of the molecule is CC(C)(C)C(=O)COc1ccc(CO)cc1Cl. The standard InChI is InChI=1S/C13H17ClO3/c1-13(2,3)12(16)8-17-11-5-4-9(7-15)6-10(11)14/h4-6,15H,7-8H2,1-3H3. The van der Waals surface area contributed by atoms with E-state index < -0.39 is 5.41 Å². The topological polar surface area (TPSA) is 46.5 Å². The van der Waals surface area contributed by atoms with Crippen LogP contribution in [-0.4, -0.2) is 17.5 Å². The third kappa shape index (κ3) is 4.02. The molecule has 1 N–H and O–H groups in total. The first-order valence-corrected chi connectivity index (χ1v) is 5.78. The Morgan fingerprint density at radius 3 is 2.53 bits per heavy atom. The lowest BCUT2D eigenvalue weighted by Gasteiger charge is -2.17. The average molecular weight is 257 g/mol. The number of hydrogen-bond donors (Lipinski definition) is 1. The molecule has 0 unspecified atom stereocenters. The van der Waals surface area contributed by atoms with Crippen LogP contribution in [0.1, 0.15) is 26.3 Å². The Hall–Kier alpha value is -1.06. The van der Waals surface area contributed by atoms with Gasteiger partial charge in [0.1, 0.15) is 12.4 Å². The Morgan fingerprint density at radius 2 is 2.06 bits per heavy atom. The van der Waals surface area contributed by atoms with Crippen LogP contribution in [0.25, 0.3) is 0 Å². The van der Waals surface area contributed by atoms with Crippen LogP contribution in [0.5, 0.6) is 5.75 Å². The van der Waals surface area contributed by atoms with Crippen molar-refractivity contribution >= 4 is 17.4 Å². The summed E-state index contributed by atoms with van der Waals surface area (Å²) in [5.74, 6) is 0.473. The van der Waals surface area contributed by atoms with Gasteiger partial charge >= 0.3 is 0 Å². The third-order valence-electron chi connectivity index (χ3n) is 2.37. The van der Waals surface area contributed by atoms with E-state index in [1.165, 1.54) is 0 Å². The lowest BCUT2D eigenvalue weighted by Crippen LogP contribution is -2.26. The fraction of sp³-hybridized carbons (Fsp3) is 0.462. The van der Waals surface area contributed by atoms with Gasteiger partial charge in [0, 0.05) is 5.41 Å². The van der Waals surface area contributed by atoms with Crippen LogP contribution in [0, 0.1) is 5.41 Å². The Bertz CT molecular complexity index is 408. The van der Waals surface area contributed by atoms with Gasteiger partial charge in [0.2, 0.25) is 0 Å². The number of ether oxygens (including phenoxy) is 1. The number of rotatable bonds is 4. The molecule has 0 bridgehead atoms. The third-order valence-corrected chi connectivity index (χ3v) is 2.67. The fourth-order valence-corrected chi connectivity index (χ4v) is 1.38. The number of carbonyl (C=O) groups excluding carboxylic acids is 1. The first kappa shape index (κ1) is 14.0. The zero-order valence-corrected chi connectivity index (χ0v) is 11.0. The molecule has 0 heterocycles. The predicted molar refractivity (Wildman–Crippen MR) is 67.3 cm³/mol. The van der Waals surface area contributed by atoms with E-state index in [-0.39, 0.29) is 19.0 Å². The van der Waals surface area contributed by atoms with Gasteiger partial charge in [0.05, 0.1) is 11.6 Å². The second kappa shape index (κ2) is 5.52. The van der Waals surface area contributed by atoms with E-state index in [0.29, 0.717) is 16.3 Å². The minimum absolute atomic E-state index is 0.00168. The Balaban J connectivity index is 2.67. The maximum Gasteiger partial charge on any atom is 0.175 e. The van der Waals surface area contributed by atoms with Gasteiger partial charge in [-0.05, 0) is 17.7 Å². The molecule has 0 radical (unpaired) electrons. The number of Topliss-reactive ketones (excluding diaryl/α,β-unsaturated/α-hetero) is 1. The Labute approximate surface area is 106 Å². The zero-order chi connectivity index (χ0) is 13.1. The maximum atomic E-state index is 11.7. The van der Waals surface area contributed by atoms with Crippen molar-refractivity contribution in [3.63, 3.8) is 0 Å². The summed E-state index contributed by atoms with van der Waals surface area (Å²) in [6.45, 7) is 5.46. The number of benzene rings is 1. The molecule has 0 amide bonds. The van der Waals surface area contributed by atoms with E-state index in [1.807, 2.05) is 20.8 Å². The highest BCUT2D eigenvalue weighted by molar-refractivity contribution is 6.32. The van der Waals surface area contributed by atoms with E-state index in [2.05, 4.69) is 0 Å². The Kier molecular flexibility index (Phi) is 4.54. The lowest BCUT2D eigenvalue weighted by atomic mass is 9.91. The van der Waals surface area contributed by atoms with Gasteiger partial charge in [0.25, 0.3) is 0 Å². The van der Waals surface area contributed by atoms with Gasteiger partial charge < -0.3 is 9.84 Å². The largest absolute Gasteiger partial charge is 0.484 e. The predicted octanol–water partition coefficient (Wildman–Crippen LogP) is 2.83. The average Bonchev–Trinajstić information content (AvgIpc) is 2.25. The number of carbonyl (C=O) groups is 1. The smallest absolute Gasteiger partial charge is 0.175 e. The second-order valence-electron chi connectivity index (χ2n) is 4.88. The number of ketones is 1. The van der Waals surface area contributed by atoms with Crippen LogP contribution in [0.4, 0.5) is 0 Å². The van der Waals surface area contributed by atoms with E-state index in [0.717, 1.165) is 0 Å².